The van der Waals surface area contributed by atoms with Crippen LogP contribution in [-0.2, 0) is 20.2 Å². The second-order valence-electron chi connectivity index (χ2n) is 4.91. The topological polar surface area (TPSA) is 185 Å². The van der Waals surface area contributed by atoms with Gasteiger partial charge in [-0.15, -0.1) is 0 Å². The van der Waals surface area contributed by atoms with E-state index in [9.17, 15) is 25.9 Å². The van der Waals surface area contributed by atoms with Crippen LogP contribution < -0.4 is 22.5 Å². The molecule has 2 aromatic carbocycles. The van der Waals surface area contributed by atoms with E-state index in [1.807, 2.05) is 0 Å². The molecule has 0 atom stereocenters. The SMILES string of the molecule is NNc1ccc(C#Cc2ccc(NN)cc2S(=O)(=O)O)c(S(=O)(=O)O)c1. The highest BCUT2D eigenvalue weighted by molar-refractivity contribution is 7.86. The highest BCUT2D eigenvalue weighted by atomic mass is 32.2. The third-order valence-electron chi connectivity index (χ3n) is 3.18. The van der Waals surface area contributed by atoms with Crippen molar-refractivity contribution in [2.24, 2.45) is 11.7 Å². The Labute approximate surface area is 149 Å². The van der Waals surface area contributed by atoms with Crippen molar-refractivity contribution in [1.29, 1.82) is 0 Å². The molecule has 0 saturated carbocycles. The van der Waals surface area contributed by atoms with Gasteiger partial charge in [0.15, 0.2) is 0 Å². The number of hydrogen-bond acceptors (Lipinski definition) is 8. The van der Waals surface area contributed by atoms with E-state index in [1.54, 1.807) is 0 Å². The van der Waals surface area contributed by atoms with E-state index in [2.05, 4.69) is 22.7 Å². The molecule has 0 aliphatic rings. The van der Waals surface area contributed by atoms with Gasteiger partial charge < -0.3 is 10.9 Å². The Morgan fingerprint density at radius 3 is 1.35 bits per heavy atom. The molecule has 2 rings (SSSR count). The Bertz CT molecular complexity index is 1030. The van der Waals surface area contributed by atoms with Crippen molar-refractivity contribution in [3.8, 4) is 11.8 Å². The van der Waals surface area contributed by atoms with Gasteiger partial charge in [0.25, 0.3) is 20.2 Å². The van der Waals surface area contributed by atoms with Crippen LogP contribution in [-0.4, -0.2) is 25.9 Å². The largest absolute Gasteiger partial charge is 0.324 e. The first-order chi connectivity index (χ1) is 12.1. The Hall–Kier alpha value is -2.66. The van der Waals surface area contributed by atoms with Crippen LogP contribution in [0.2, 0.25) is 0 Å². The first kappa shape index (κ1) is 19.7. The predicted molar refractivity (Wildman–Crippen MR) is 94.1 cm³/mol. The summed E-state index contributed by atoms with van der Waals surface area (Å²) < 4.78 is 64.7. The Morgan fingerprint density at radius 1 is 0.731 bits per heavy atom. The lowest BCUT2D eigenvalue weighted by atomic mass is 10.1. The summed E-state index contributed by atoms with van der Waals surface area (Å²) in [6, 6.07) is 7.48. The van der Waals surface area contributed by atoms with Crippen molar-refractivity contribution in [1.82, 2.24) is 0 Å². The van der Waals surface area contributed by atoms with Crippen molar-refractivity contribution in [3.63, 3.8) is 0 Å². The maximum Gasteiger partial charge on any atom is 0.295 e. The van der Waals surface area contributed by atoms with Gasteiger partial charge in [-0.25, -0.2) is 0 Å². The number of nitrogen functional groups attached to an aromatic ring is 2. The highest BCUT2D eigenvalue weighted by Gasteiger charge is 2.17. The molecule has 0 aliphatic heterocycles. The average Bonchev–Trinajstić information content (AvgIpc) is 2.58. The van der Waals surface area contributed by atoms with Crippen LogP contribution in [0.5, 0.6) is 0 Å². The summed E-state index contributed by atoms with van der Waals surface area (Å²) in [5.41, 5.74) is 4.67. The summed E-state index contributed by atoms with van der Waals surface area (Å²) in [5, 5.41) is 0. The molecule has 0 spiro atoms. The van der Waals surface area contributed by atoms with Crippen molar-refractivity contribution >= 4 is 31.6 Å². The minimum atomic E-state index is -4.61. The zero-order chi connectivity index (χ0) is 19.5. The minimum absolute atomic E-state index is 0.103. The van der Waals surface area contributed by atoms with E-state index in [0.717, 1.165) is 12.1 Å². The number of anilines is 2. The molecule has 0 bridgehead atoms. The molecule has 26 heavy (non-hydrogen) atoms. The number of rotatable bonds is 4. The van der Waals surface area contributed by atoms with E-state index >= 15 is 0 Å². The number of benzene rings is 2. The van der Waals surface area contributed by atoms with Crippen LogP contribution in [0.3, 0.4) is 0 Å². The van der Waals surface area contributed by atoms with Gasteiger partial charge >= 0.3 is 0 Å². The molecule has 12 heteroatoms. The van der Waals surface area contributed by atoms with Crippen molar-refractivity contribution < 1.29 is 25.9 Å². The molecule has 0 fully saturated rings. The fraction of sp³-hybridized carbons (Fsp3) is 0. The van der Waals surface area contributed by atoms with Gasteiger partial charge in [-0.3, -0.25) is 20.8 Å². The summed E-state index contributed by atoms with van der Waals surface area (Å²) in [6.07, 6.45) is 0. The molecule has 138 valence electrons. The molecule has 0 amide bonds. The quantitative estimate of drug-likeness (QED) is 0.179. The summed E-state index contributed by atoms with van der Waals surface area (Å²) >= 11 is 0. The van der Waals surface area contributed by atoms with Gasteiger partial charge in [-0.1, -0.05) is 11.8 Å². The lowest BCUT2D eigenvalue weighted by Gasteiger charge is -2.06. The number of hydrogen-bond donors (Lipinski definition) is 6. The monoisotopic (exact) mass is 398 g/mol. The zero-order valence-electron chi connectivity index (χ0n) is 13.0. The summed E-state index contributed by atoms with van der Waals surface area (Å²) in [4.78, 5) is -1.04. The summed E-state index contributed by atoms with van der Waals surface area (Å²) in [5.74, 6) is 15.3. The Balaban J connectivity index is 2.65. The van der Waals surface area contributed by atoms with Gasteiger partial charge in [0.05, 0.1) is 0 Å². The smallest absolute Gasteiger partial charge is 0.295 e. The van der Waals surface area contributed by atoms with Gasteiger partial charge in [0, 0.05) is 22.5 Å². The molecule has 2 aromatic rings. The zero-order valence-corrected chi connectivity index (χ0v) is 14.6. The van der Waals surface area contributed by atoms with Gasteiger partial charge in [0.1, 0.15) is 9.79 Å². The summed E-state index contributed by atoms with van der Waals surface area (Å²) in [7, 11) is -9.22. The van der Waals surface area contributed by atoms with Crippen LogP contribution in [0, 0.1) is 11.8 Å². The molecule has 10 nitrogen and oxygen atoms in total. The highest BCUT2D eigenvalue weighted by Crippen LogP contribution is 2.22. The molecule has 8 N–H and O–H groups in total. The minimum Gasteiger partial charge on any atom is -0.324 e. The molecule has 0 unspecified atom stereocenters. The van der Waals surface area contributed by atoms with Gasteiger partial charge in [-0.05, 0) is 36.4 Å². The van der Waals surface area contributed by atoms with E-state index in [4.69, 9.17) is 11.7 Å². The second-order valence-corrected chi connectivity index (χ2v) is 7.69. The number of nitrogens with two attached hydrogens (primary N) is 2. The third kappa shape index (κ3) is 4.49. The molecule has 0 heterocycles. The van der Waals surface area contributed by atoms with E-state index in [-0.39, 0.29) is 22.5 Å². The molecule has 0 radical (unpaired) electrons. The number of nitrogens with one attached hydrogen (secondary N) is 2. The van der Waals surface area contributed by atoms with Crippen molar-refractivity contribution in [3.05, 3.63) is 47.5 Å². The van der Waals surface area contributed by atoms with Crippen LogP contribution in [0.1, 0.15) is 11.1 Å². The first-order valence-corrected chi connectivity index (χ1v) is 9.62. The van der Waals surface area contributed by atoms with E-state index in [0.29, 0.717) is 0 Å². The van der Waals surface area contributed by atoms with Crippen LogP contribution >= 0.6 is 0 Å². The maximum atomic E-state index is 11.5. The van der Waals surface area contributed by atoms with Crippen molar-refractivity contribution in [2.75, 3.05) is 10.9 Å². The fourth-order valence-corrected chi connectivity index (χ4v) is 3.34. The lowest BCUT2D eigenvalue weighted by Crippen LogP contribution is -2.09. The first-order valence-electron chi connectivity index (χ1n) is 6.74. The molecule has 0 saturated heterocycles. The standard InChI is InChI=1S/C14H14N4O6S2/c15-17-11-5-3-9(13(7-11)25(19,20)21)1-2-10-4-6-12(18-16)8-14(10)26(22,23)24/h3-8,17-18H,15-16H2,(H,19,20,21)(H,22,23,24). The number of hydrazine groups is 2. The molecular formula is C14H14N4O6S2. The van der Waals surface area contributed by atoms with Crippen molar-refractivity contribution in [2.45, 2.75) is 9.79 Å². The normalized spacial score (nSPS) is 11.4. The molecule has 0 aromatic heterocycles. The van der Waals surface area contributed by atoms with Crippen LogP contribution in [0.25, 0.3) is 0 Å². The van der Waals surface area contributed by atoms with Crippen LogP contribution in [0.15, 0.2) is 46.2 Å². The molecular weight excluding hydrogens is 384 g/mol. The maximum absolute atomic E-state index is 11.5. The Kier molecular flexibility index (Phi) is 5.52. The average molecular weight is 398 g/mol. The summed E-state index contributed by atoms with van der Waals surface area (Å²) in [6.45, 7) is 0. The Morgan fingerprint density at radius 2 is 1.08 bits per heavy atom. The molecule has 0 aliphatic carbocycles. The fourth-order valence-electron chi connectivity index (χ4n) is 1.99. The van der Waals surface area contributed by atoms with Gasteiger partial charge in [-0.2, -0.15) is 16.8 Å². The lowest BCUT2D eigenvalue weighted by molar-refractivity contribution is 0.480. The van der Waals surface area contributed by atoms with E-state index < -0.39 is 30.0 Å². The second kappa shape index (κ2) is 7.30. The third-order valence-corrected chi connectivity index (χ3v) is 4.97. The predicted octanol–water partition coefficient (Wildman–Crippen LogP) is 0.151. The van der Waals surface area contributed by atoms with Gasteiger partial charge in [0.2, 0.25) is 0 Å². The van der Waals surface area contributed by atoms with E-state index in [1.165, 1.54) is 24.3 Å². The van der Waals surface area contributed by atoms with Crippen LogP contribution in [0.4, 0.5) is 11.4 Å².